The average molecular weight is 378 g/mol. The zero-order valence-electron chi connectivity index (χ0n) is 14.9. The fourth-order valence-electron chi connectivity index (χ4n) is 2.24. The van der Waals surface area contributed by atoms with Gasteiger partial charge in [0.25, 0.3) is 0 Å². The zero-order valence-corrected chi connectivity index (χ0v) is 16.5. The summed E-state index contributed by atoms with van der Waals surface area (Å²) in [5, 5.41) is 0. The maximum Gasteiger partial charge on any atom is 0.240 e. The van der Waals surface area contributed by atoms with Crippen LogP contribution in [0, 0.1) is 13.8 Å². The Morgan fingerprint density at radius 2 is 1.62 bits per heavy atom. The molecule has 0 unspecified atom stereocenters. The number of nitrogens with zero attached hydrogens (tertiary/aromatic N) is 2. The van der Waals surface area contributed by atoms with Crippen molar-refractivity contribution in [1.82, 2.24) is 13.9 Å². The molecule has 0 aromatic heterocycles. The second-order valence-corrected chi connectivity index (χ2v) is 9.85. The molecule has 0 aliphatic carbocycles. The molecule has 0 spiro atoms. The lowest BCUT2D eigenvalue weighted by Gasteiger charge is -2.22. The van der Waals surface area contributed by atoms with Crippen molar-refractivity contribution in [3.63, 3.8) is 0 Å². The monoisotopic (exact) mass is 377 g/mol. The zero-order chi connectivity index (χ0) is 18.5. The molecule has 1 aromatic carbocycles. The van der Waals surface area contributed by atoms with Crippen molar-refractivity contribution in [1.29, 1.82) is 0 Å². The topological polar surface area (TPSA) is 86.8 Å². The Labute approximate surface area is 145 Å². The van der Waals surface area contributed by atoms with Gasteiger partial charge in [-0.1, -0.05) is 17.7 Å². The normalized spacial score (nSPS) is 13.0. The minimum absolute atomic E-state index is 0.0240. The summed E-state index contributed by atoms with van der Waals surface area (Å²) in [7, 11) is -3.35. The lowest BCUT2D eigenvalue weighted by Crippen LogP contribution is -2.41. The van der Waals surface area contributed by atoms with Gasteiger partial charge in [0.1, 0.15) is 0 Å². The predicted molar refractivity (Wildman–Crippen MR) is 96.1 cm³/mol. The van der Waals surface area contributed by atoms with Crippen molar-refractivity contribution in [2.45, 2.75) is 18.7 Å². The first-order valence-corrected chi connectivity index (χ1v) is 10.9. The number of hydrogen-bond acceptors (Lipinski definition) is 5. The third-order valence-electron chi connectivity index (χ3n) is 3.54. The van der Waals surface area contributed by atoms with Gasteiger partial charge >= 0.3 is 0 Å². The van der Waals surface area contributed by atoms with Gasteiger partial charge in [0.05, 0.1) is 11.2 Å². The second kappa shape index (κ2) is 8.39. The van der Waals surface area contributed by atoms with E-state index in [1.54, 1.807) is 25.1 Å². The van der Waals surface area contributed by atoms with Gasteiger partial charge in [-0.2, -0.15) is 4.31 Å². The molecule has 0 aliphatic rings. The third kappa shape index (κ3) is 6.48. The Kier molecular flexibility index (Phi) is 7.36. The molecule has 1 rings (SSSR count). The summed E-state index contributed by atoms with van der Waals surface area (Å²) < 4.78 is 52.1. The first kappa shape index (κ1) is 21.0. The molecule has 1 N–H and O–H groups in total. The Hall–Kier alpha value is -1.00. The summed E-state index contributed by atoms with van der Waals surface area (Å²) in [6, 6.07) is 5.10. The quantitative estimate of drug-likeness (QED) is 0.673. The largest absolute Gasteiger partial charge is 0.308 e. The van der Waals surface area contributed by atoms with E-state index in [4.69, 9.17) is 0 Å². The molecule has 138 valence electrons. The van der Waals surface area contributed by atoms with Gasteiger partial charge in [-0.3, -0.25) is 0 Å². The molecule has 0 heterocycles. The molecule has 9 heteroatoms. The minimum atomic E-state index is -3.66. The van der Waals surface area contributed by atoms with E-state index >= 15 is 0 Å². The summed E-state index contributed by atoms with van der Waals surface area (Å²) in [5.41, 5.74) is 1.65. The molecule has 0 fully saturated rings. The number of nitrogens with one attached hydrogen (secondary N) is 1. The fourth-order valence-corrected chi connectivity index (χ4v) is 4.32. The highest BCUT2D eigenvalue weighted by Gasteiger charge is 2.20. The lowest BCUT2D eigenvalue weighted by atomic mass is 10.2. The maximum absolute atomic E-state index is 12.4. The number of likely N-dealkylation sites (N-methyl/N-ethyl adjacent to an activating group) is 1. The highest BCUT2D eigenvalue weighted by atomic mass is 32.2. The lowest BCUT2D eigenvalue weighted by molar-refractivity contribution is 0.336. The molecule has 0 saturated carbocycles. The van der Waals surface area contributed by atoms with Crippen molar-refractivity contribution in [3.05, 3.63) is 29.3 Å². The number of aryl methyl sites for hydroxylation is 2. The Bertz CT molecular complexity index is 759. The molecule has 0 radical (unpaired) electrons. The van der Waals surface area contributed by atoms with Crippen molar-refractivity contribution < 1.29 is 16.8 Å². The van der Waals surface area contributed by atoms with E-state index in [0.717, 1.165) is 11.8 Å². The molecule has 0 amide bonds. The molecule has 1 aromatic rings. The maximum atomic E-state index is 12.4. The van der Waals surface area contributed by atoms with Crippen LogP contribution in [0.15, 0.2) is 23.1 Å². The minimum Gasteiger partial charge on any atom is -0.308 e. The summed E-state index contributed by atoms with van der Waals surface area (Å²) in [6.45, 7) is 4.63. The van der Waals surface area contributed by atoms with Gasteiger partial charge in [-0.15, -0.1) is 0 Å². The van der Waals surface area contributed by atoms with Crippen LogP contribution in [0.2, 0.25) is 0 Å². The van der Waals surface area contributed by atoms with Crippen molar-refractivity contribution in [2.24, 2.45) is 0 Å². The van der Waals surface area contributed by atoms with E-state index in [2.05, 4.69) is 4.72 Å². The van der Waals surface area contributed by atoms with Crippen LogP contribution in [0.1, 0.15) is 11.1 Å². The molecule has 24 heavy (non-hydrogen) atoms. The Balaban J connectivity index is 2.75. The van der Waals surface area contributed by atoms with Gasteiger partial charge in [0, 0.05) is 26.2 Å². The van der Waals surface area contributed by atoms with Crippen molar-refractivity contribution in [3.8, 4) is 0 Å². The van der Waals surface area contributed by atoms with Crippen molar-refractivity contribution >= 4 is 20.0 Å². The number of benzene rings is 1. The van der Waals surface area contributed by atoms with Gasteiger partial charge in [-0.25, -0.2) is 21.6 Å². The number of rotatable bonds is 9. The van der Waals surface area contributed by atoms with E-state index in [-0.39, 0.29) is 18.0 Å². The van der Waals surface area contributed by atoms with E-state index in [9.17, 15) is 16.8 Å². The van der Waals surface area contributed by atoms with Crippen LogP contribution in [0.4, 0.5) is 0 Å². The molecule has 0 bridgehead atoms. The smallest absolute Gasteiger partial charge is 0.240 e. The van der Waals surface area contributed by atoms with Crippen LogP contribution in [0.3, 0.4) is 0 Å². The standard InChI is InChI=1S/C15H27N3O4S2/c1-13-6-7-15(14(2)12-13)24(21,22)16-8-9-18(23(5,19)20)11-10-17(3)4/h6-7,12,16H,8-11H2,1-5H3. The molecule has 0 saturated heterocycles. The Morgan fingerprint density at radius 1 is 1.00 bits per heavy atom. The van der Waals surface area contributed by atoms with E-state index in [1.807, 2.05) is 25.9 Å². The van der Waals surface area contributed by atoms with Gasteiger partial charge in [0.15, 0.2) is 0 Å². The first-order chi connectivity index (χ1) is 10.9. The SMILES string of the molecule is Cc1ccc(S(=O)(=O)NCCN(CCN(C)C)S(C)(=O)=O)c(C)c1. The number of hydrogen-bond donors (Lipinski definition) is 1. The third-order valence-corrected chi connectivity index (χ3v) is 6.46. The molecule has 0 atom stereocenters. The molecular formula is C15H27N3O4S2. The van der Waals surface area contributed by atoms with Crippen LogP contribution in [0.25, 0.3) is 0 Å². The summed E-state index contributed by atoms with van der Waals surface area (Å²) >= 11 is 0. The summed E-state index contributed by atoms with van der Waals surface area (Å²) in [6.07, 6.45) is 1.13. The van der Waals surface area contributed by atoms with Gasteiger partial charge < -0.3 is 4.90 Å². The number of sulfonamides is 2. The summed E-state index contributed by atoms with van der Waals surface area (Å²) in [5.74, 6) is 0. The van der Waals surface area contributed by atoms with Crippen LogP contribution in [-0.2, 0) is 20.0 Å². The van der Waals surface area contributed by atoms with E-state index in [0.29, 0.717) is 18.7 Å². The highest BCUT2D eigenvalue weighted by molar-refractivity contribution is 7.89. The van der Waals surface area contributed by atoms with Crippen molar-refractivity contribution in [2.75, 3.05) is 46.5 Å². The fraction of sp³-hybridized carbons (Fsp3) is 0.600. The Morgan fingerprint density at radius 3 is 2.12 bits per heavy atom. The van der Waals surface area contributed by atoms with Gasteiger partial charge in [0.2, 0.25) is 20.0 Å². The van der Waals surface area contributed by atoms with Gasteiger partial charge in [-0.05, 0) is 39.6 Å². The average Bonchev–Trinajstić information content (AvgIpc) is 2.40. The van der Waals surface area contributed by atoms with E-state index in [1.165, 1.54) is 4.31 Å². The molecule has 7 nitrogen and oxygen atoms in total. The first-order valence-electron chi connectivity index (χ1n) is 7.60. The predicted octanol–water partition coefficient (Wildman–Crippen LogP) is 0.405. The highest BCUT2D eigenvalue weighted by Crippen LogP contribution is 2.16. The van der Waals surface area contributed by atoms with Crippen LogP contribution < -0.4 is 4.72 Å². The van der Waals surface area contributed by atoms with Crippen LogP contribution >= 0.6 is 0 Å². The van der Waals surface area contributed by atoms with Crippen LogP contribution in [0.5, 0.6) is 0 Å². The van der Waals surface area contributed by atoms with E-state index < -0.39 is 20.0 Å². The second-order valence-electron chi connectivity index (χ2n) is 6.13. The van der Waals surface area contributed by atoms with Crippen LogP contribution in [-0.4, -0.2) is 72.6 Å². The molecule has 0 aliphatic heterocycles. The summed E-state index contributed by atoms with van der Waals surface area (Å²) in [4.78, 5) is 2.09. The molecular weight excluding hydrogens is 350 g/mol.